The highest BCUT2D eigenvalue weighted by molar-refractivity contribution is 6.76. The van der Waals surface area contributed by atoms with Gasteiger partial charge in [-0.3, -0.25) is 4.79 Å². The third kappa shape index (κ3) is 9.37. The van der Waals surface area contributed by atoms with Crippen LogP contribution in [0.4, 0.5) is 4.79 Å². The number of amides is 2. The molecule has 7 nitrogen and oxygen atoms in total. The number of carbonyl (C=O) groups is 3. The number of esters is 1. The van der Waals surface area contributed by atoms with Crippen molar-refractivity contribution < 1.29 is 23.9 Å². The molecule has 0 aromatic carbocycles. The minimum atomic E-state index is -1.24. The molecule has 0 spiro atoms. The molecule has 0 aliphatic rings. The maximum absolute atomic E-state index is 11.4. The molecule has 2 amide bonds. The molecule has 0 bridgehead atoms. The van der Waals surface area contributed by atoms with Crippen LogP contribution >= 0.6 is 0 Å². The first-order valence-electron chi connectivity index (χ1n) is 6.43. The minimum absolute atomic E-state index is 0.243. The fourth-order valence-electron chi connectivity index (χ4n) is 1.18. The minimum Gasteiger partial charge on any atom is -0.467 e. The molecule has 0 radical (unpaired) electrons. The fraction of sp³-hybridized carbons (Fsp3) is 0.750. The summed E-state index contributed by atoms with van der Waals surface area (Å²) in [4.78, 5) is 33.8. The van der Waals surface area contributed by atoms with Crippen molar-refractivity contribution >= 4 is 26.0 Å². The van der Waals surface area contributed by atoms with Gasteiger partial charge in [0.15, 0.2) is 0 Å². The topological polar surface area (TPSA) is 93.7 Å². The number of alkyl carbamates (subject to hydrolysis) is 1. The first-order chi connectivity index (χ1) is 9.15. The Bertz CT molecular complexity index is 354. The zero-order valence-corrected chi connectivity index (χ0v) is 13.7. The predicted octanol–water partition coefficient (Wildman–Crippen LogP) is 0.728. The van der Waals surface area contributed by atoms with Crippen LogP contribution in [0, 0.1) is 0 Å². The number of ether oxygens (including phenoxy) is 2. The third-order valence-electron chi connectivity index (χ3n) is 2.41. The Balaban J connectivity index is 3.84. The molecule has 0 aromatic heterocycles. The maximum Gasteiger partial charge on any atom is 0.407 e. The Morgan fingerprint density at radius 1 is 1.20 bits per heavy atom. The van der Waals surface area contributed by atoms with E-state index in [1.165, 1.54) is 14.0 Å². The van der Waals surface area contributed by atoms with E-state index in [1.807, 2.05) is 0 Å². The molecular weight excluding hydrogens is 280 g/mol. The molecule has 0 saturated heterocycles. The fourth-order valence-corrected chi connectivity index (χ4v) is 1.90. The van der Waals surface area contributed by atoms with Gasteiger partial charge in [-0.2, -0.15) is 0 Å². The van der Waals surface area contributed by atoms with Gasteiger partial charge in [-0.15, -0.1) is 0 Å². The Kier molecular flexibility index (Phi) is 7.89. The predicted molar refractivity (Wildman–Crippen MR) is 77.1 cm³/mol. The lowest BCUT2D eigenvalue weighted by Gasteiger charge is -2.15. The van der Waals surface area contributed by atoms with Crippen LogP contribution in [-0.4, -0.2) is 52.3 Å². The van der Waals surface area contributed by atoms with E-state index in [0.29, 0.717) is 6.61 Å². The first-order valence-corrected chi connectivity index (χ1v) is 10.1. The van der Waals surface area contributed by atoms with Crippen LogP contribution < -0.4 is 10.6 Å². The number of nitrogens with one attached hydrogen (secondary N) is 2. The quantitative estimate of drug-likeness (QED) is 0.534. The zero-order chi connectivity index (χ0) is 15.8. The molecule has 0 fully saturated rings. The standard InChI is InChI=1S/C12H24N2O5Si/c1-9(11(16)18-2)14-10(15)8-13-12(17)19-6-7-20(3,4)5/h9H,6-8H2,1-5H3,(H,13,17)(H,14,15)/t9-/m0/s1. The van der Waals surface area contributed by atoms with Crippen molar-refractivity contribution in [1.29, 1.82) is 0 Å². The van der Waals surface area contributed by atoms with E-state index in [0.717, 1.165) is 6.04 Å². The lowest BCUT2D eigenvalue weighted by atomic mass is 10.3. The van der Waals surface area contributed by atoms with Crippen LogP contribution in [0.3, 0.4) is 0 Å². The largest absolute Gasteiger partial charge is 0.467 e. The van der Waals surface area contributed by atoms with Crippen molar-refractivity contribution in [2.24, 2.45) is 0 Å². The van der Waals surface area contributed by atoms with E-state index in [4.69, 9.17) is 4.74 Å². The summed E-state index contributed by atoms with van der Waals surface area (Å²) in [6.45, 7) is 8.13. The second-order valence-electron chi connectivity index (χ2n) is 5.61. The van der Waals surface area contributed by atoms with E-state index >= 15 is 0 Å². The second kappa shape index (κ2) is 8.57. The average Bonchev–Trinajstić information content (AvgIpc) is 2.33. The van der Waals surface area contributed by atoms with Crippen LogP contribution in [-0.2, 0) is 19.1 Å². The van der Waals surface area contributed by atoms with Gasteiger partial charge in [0.05, 0.1) is 13.7 Å². The molecule has 0 aromatic rings. The van der Waals surface area contributed by atoms with Crippen molar-refractivity contribution in [1.82, 2.24) is 10.6 Å². The van der Waals surface area contributed by atoms with Crippen LogP contribution in [0.1, 0.15) is 6.92 Å². The highest BCUT2D eigenvalue weighted by atomic mass is 28.3. The third-order valence-corrected chi connectivity index (χ3v) is 4.11. The van der Waals surface area contributed by atoms with Gasteiger partial charge in [0.1, 0.15) is 12.6 Å². The van der Waals surface area contributed by atoms with Gasteiger partial charge < -0.3 is 20.1 Å². The lowest BCUT2D eigenvalue weighted by molar-refractivity contribution is -0.144. The SMILES string of the molecule is COC(=O)[C@H](C)NC(=O)CNC(=O)OCC[Si](C)(C)C. The summed E-state index contributed by atoms with van der Waals surface area (Å²) in [5.41, 5.74) is 0. The molecule has 2 N–H and O–H groups in total. The van der Waals surface area contributed by atoms with Crippen molar-refractivity contribution in [3.8, 4) is 0 Å². The van der Waals surface area contributed by atoms with E-state index in [2.05, 4.69) is 35.0 Å². The summed E-state index contributed by atoms with van der Waals surface area (Å²) >= 11 is 0. The maximum atomic E-state index is 11.4. The highest BCUT2D eigenvalue weighted by Gasteiger charge is 2.17. The summed E-state index contributed by atoms with van der Waals surface area (Å²) in [6.07, 6.45) is -0.635. The Morgan fingerprint density at radius 3 is 2.30 bits per heavy atom. The van der Waals surface area contributed by atoms with Gasteiger partial charge in [-0.1, -0.05) is 19.6 Å². The van der Waals surface area contributed by atoms with Crippen LogP contribution in [0.2, 0.25) is 25.7 Å². The van der Waals surface area contributed by atoms with Crippen molar-refractivity contribution in [3.63, 3.8) is 0 Å². The zero-order valence-electron chi connectivity index (χ0n) is 12.7. The van der Waals surface area contributed by atoms with Crippen LogP contribution in [0.15, 0.2) is 0 Å². The van der Waals surface area contributed by atoms with Gasteiger partial charge in [0.25, 0.3) is 0 Å². The first kappa shape index (κ1) is 18.4. The van der Waals surface area contributed by atoms with Crippen molar-refractivity contribution in [2.45, 2.75) is 38.7 Å². The lowest BCUT2D eigenvalue weighted by Crippen LogP contribution is -2.44. The molecule has 8 heteroatoms. The molecule has 0 saturated carbocycles. The van der Waals surface area contributed by atoms with Crippen LogP contribution in [0.5, 0.6) is 0 Å². The smallest absolute Gasteiger partial charge is 0.407 e. The summed E-state index contributed by atoms with van der Waals surface area (Å²) in [5.74, 6) is -1.03. The molecular formula is C12H24N2O5Si. The van der Waals surface area contributed by atoms with Crippen molar-refractivity contribution in [2.75, 3.05) is 20.3 Å². The highest BCUT2D eigenvalue weighted by Crippen LogP contribution is 2.07. The Hall–Kier alpha value is -1.57. The summed E-state index contributed by atoms with van der Waals surface area (Å²) in [7, 11) is -0.00788. The summed E-state index contributed by atoms with van der Waals surface area (Å²) < 4.78 is 9.42. The summed E-state index contributed by atoms with van der Waals surface area (Å²) in [6, 6.07) is 0.114. The number of hydrogen-bond donors (Lipinski definition) is 2. The van der Waals surface area contributed by atoms with Gasteiger partial charge in [-0.05, 0) is 13.0 Å². The van der Waals surface area contributed by atoms with E-state index in [9.17, 15) is 14.4 Å². The van der Waals surface area contributed by atoms with Gasteiger partial charge in [0, 0.05) is 8.07 Å². The average molecular weight is 304 g/mol. The Labute approximate surface area is 120 Å². The van der Waals surface area contributed by atoms with Gasteiger partial charge in [0.2, 0.25) is 5.91 Å². The second-order valence-corrected chi connectivity index (χ2v) is 11.2. The number of hydrogen-bond acceptors (Lipinski definition) is 5. The molecule has 0 unspecified atom stereocenters. The van der Waals surface area contributed by atoms with Crippen LogP contribution in [0.25, 0.3) is 0 Å². The normalized spacial score (nSPS) is 12.2. The van der Waals surface area contributed by atoms with E-state index < -0.39 is 32.1 Å². The molecule has 0 rings (SSSR count). The Morgan fingerprint density at radius 2 is 1.80 bits per heavy atom. The summed E-state index contributed by atoms with van der Waals surface area (Å²) in [5, 5.41) is 4.71. The van der Waals surface area contributed by atoms with E-state index in [1.54, 1.807) is 0 Å². The van der Waals surface area contributed by atoms with E-state index in [-0.39, 0.29) is 6.54 Å². The molecule has 20 heavy (non-hydrogen) atoms. The number of methoxy groups -OCH3 is 1. The molecule has 1 atom stereocenters. The molecule has 0 aliphatic carbocycles. The van der Waals surface area contributed by atoms with Gasteiger partial charge >= 0.3 is 12.1 Å². The monoisotopic (exact) mass is 304 g/mol. The number of rotatable bonds is 7. The molecule has 0 aliphatic heterocycles. The van der Waals surface area contributed by atoms with Gasteiger partial charge in [-0.25, -0.2) is 9.59 Å². The molecule has 0 heterocycles. The number of carbonyl (C=O) groups excluding carboxylic acids is 3. The van der Waals surface area contributed by atoms with Crippen molar-refractivity contribution in [3.05, 3.63) is 0 Å². The molecule has 116 valence electrons.